The second-order valence-corrected chi connectivity index (χ2v) is 7.91. The highest BCUT2D eigenvalue weighted by Crippen LogP contribution is 2.49. The SMILES string of the molecule is Fc1ccc(C(Cl)(c2c[nH]c3ccccc23)c2c[nH]c3ccccc23)cc1C(F)(F)F. The zero-order chi connectivity index (χ0) is 21.8. The lowest BCUT2D eigenvalue weighted by atomic mass is 9.83. The Bertz CT molecular complexity index is 1340. The fourth-order valence-corrected chi connectivity index (χ4v) is 4.56. The average molecular weight is 443 g/mol. The fourth-order valence-electron chi connectivity index (χ4n) is 4.13. The van der Waals surface area contributed by atoms with Gasteiger partial charge in [0, 0.05) is 45.3 Å². The molecule has 3 aromatic carbocycles. The molecule has 7 heteroatoms. The molecule has 0 saturated carbocycles. The molecule has 5 rings (SSSR count). The summed E-state index contributed by atoms with van der Waals surface area (Å²) in [4.78, 5) is 4.77. The topological polar surface area (TPSA) is 31.6 Å². The molecule has 31 heavy (non-hydrogen) atoms. The van der Waals surface area contributed by atoms with E-state index in [4.69, 9.17) is 11.6 Å². The van der Waals surface area contributed by atoms with Crippen LogP contribution >= 0.6 is 11.6 Å². The summed E-state index contributed by atoms with van der Waals surface area (Å²) in [6, 6.07) is 17.7. The lowest BCUT2D eigenvalue weighted by molar-refractivity contribution is -0.140. The van der Waals surface area contributed by atoms with E-state index in [1.165, 1.54) is 6.07 Å². The van der Waals surface area contributed by atoms with Crippen LogP contribution in [-0.4, -0.2) is 9.97 Å². The molecule has 0 saturated heterocycles. The Morgan fingerprint density at radius 1 is 0.677 bits per heavy atom. The Morgan fingerprint density at radius 3 is 1.71 bits per heavy atom. The normalized spacial score (nSPS) is 12.7. The maximum absolute atomic E-state index is 14.1. The Hall–Kier alpha value is -3.25. The molecule has 156 valence electrons. The van der Waals surface area contributed by atoms with Crippen LogP contribution in [0.15, 0.2) is 79.1 Å². The lowest BCUT2D eigenvalue weighted by Crippen LogP contribution is -2.23. The molecule has 0 amide bonds. The zero-order valence-electron chi connectivity index (χ0n) is 15.9. The molecule has 2 aromatic heterocycles. The van der Waals surface area contributed by atoms with Crippen molar-refractivity contribution >= 4 is 33.4 Å². The molecular weight excluding hydrogens is 428 g/mol. The molecule has 0 spiro atoms. The Kier molecular flexibility index (Phi) is 4.38. The van der Waals surface area contributed by atoms with Gasteiger partial charge in [0.1, 0.15) is 10.7 Å². The van der Waals surface area contributed by atoms with Crippen molar-refractivity contribution in [1.82, 2.24) is 9.97 Å². The van der Waals surface area contributed by atoms with E-state index in [9.17, 15) is 17.6 Å². The van der Waals surface area contributed by atoms with Crippen molar-refractivity contribution in [2.75, 3.05) is 0 Å². The maximum atomic E-state index is 14.1. The summed E-state index contributed by atoms with van der Waals surface area (Å²) < 4.78 is 54.6. The molecule has 0 aliphatic carbocycles. The van der Waals surface area contributed by atoms with Crippen LogP contribution in [0.1, 0.15) is 22.3 Å². The van der Waals surface area contributed by atoms with Gasteiger partial charge in [-0.05, 0) is 29.8 Å². The largest absolute Gasteiger partial charge is 0.419 e. The minimum atomic E-state index is -4.85. The number of para-hydroxylation sites is 2. The third-order valence-corrected chi connectivity index (χ3v) is 6.22. The Morgan fingerprint density at radius 2 is 1.19 bits per heavy atom. The van der Waals surface area contributed by atoms with Gasteiger partial charge in [-0.25, -0.2) is 4.39 Å². The van der Waals surface area contributed by atoms with Crippen molar-refractivity contribution in [2.45, 2.75) is 11.1 Å². The van der Waals surface area contributed by atoms with E-state index in [0.29, 0.717) is 11.1 Å². The van der Waals surface area contributed by atoms with Crippen LogP contribution in [0.5, 0.6) is 0 Å². The number of fused-ring (bicyclic) bond motifs is 2. The summed E-state index contributed by atoms with van der Waals surface area (Å²) in [6.45, 7) is 0. The maximum Gasteiger partial charge on any atom is 0.419 e. The second-order valence-electron chi connectivity index (χ2n) is 7.35. The van der Waals surface area contributed by atoms with Gasteiger partial charge >= 0.3 is 6.18 Å². The first-order valence-corrected chi connectivity index (χ1v) is 9.87. The van der Waals surface area contributed by atoms with Gasteiger partial charge in [0.15, 0.2) is 0 Å². The van der Waals surface area contributed by atoms with Gasteiger partial charge in [-0.3, -0.25) is 0 Å². The van der Waals surface area contributed by atoms with Crippen molar-refractivity contribution in [3.05, 3.63) is 107 Å². The van der Waals surface area contributed by atoms with E-state index in [2.05, 4.69) is 9.97 Å². The minimum absolute atomic E-state index is 0.123. The molecule has 0 radical (unpaired) electrons. The van der Waals surface area contributed by atoms with Gasteiger partial charge in [0.25, 0.3) is 0 Å². The van der Waals surface area contributed by atoms with Gasteiger partial charge in [-0.1, -0.05) is 42.5 Å². The molecule has 2 N–H and O–H groups in total. The molecule has 0 aliphatic heterocycles. The van der Waals surface area contributed by atoms with Crippen LogP contribution in [0, 0.1) is 5.82 Å². The predicted molar refractivity (Wildman–Crippen MR) is 114 cm³/mol. The monoisotopic (exact) mass is 442 g/mol. The van der Waals surface area contributed by atoms with Crippen LogP contribution in [0.3, 0.4) is 0 Å². The molecule has 0 bridgehead atoms. The number of alkyl halides is 4. The summed E-state index contributed by atoms with van der Waals surface area (Å²) in [7, 11) is 0. The summed E-state index contributed by atoms with van der Waals surface area (Å²) in [5.41, 5.74) is 1.51. The zero-order valence-corrected chi connectivity index (χ0v) is 16.7. The Labute approximate surface area is 179 Å². The van der Waals surface area contributed by atoms with E-state index in [1.807, 2.05) is 48.5 Å². The summed E-state index contributed by atoms with van der Waals surface area (Å²) in [5.74, 6) is -1.34. The third kappa shape index (κ3) is 3.01. The van der Waals surface area contributed by atoms with Crippen molar-refractivity contribution in [3.63, 3.8) is 0 Å². The van der Waals surface area contributed by atoms with Gasteiger partial charge in [0.2, 0.25) is 0 Å². The number of aromatic nitrogens is 2. The van der Waals surface area contributed by atoms with E-state index >= 15 is 0 Å². The van der Waals surface area contributed by atoms with Crippen LogP contribution in [0.2, 0.25) is 0 Å². The van der Waals surface area contributed by atoms with Gasteiger partial charge in [0.05, 0.1) is 5.56 Å². The average Bonchev–Trinajstić information content (AvgIpc) is 3.38. The van der Waals surface area contributed by atoms with E-state index in [0.717, 1.165) is 33.9 Å². The molecule has 2 nitrogen and oxygen atoms in total. The minimum Gasteiger partial charge on any atom is -0.361 e. The van der Waals surface area contributed by atoms with Crippen molar-refractivity contribution in [3.8, 4) is 0 Å². The van der Waals surface area contributed by atoms with E-state index in [1.54, 1.807) is 12.4 Å². The van der Waals surface area contributed by atoms with Gasteiger partial charge in [-0.15, -0.1) is 11.6 Å². The fraction of sp³-hybridized carbons (Fsp3) is 0.0833. The second kappa shape index (κ2) is 6.89. The molecule has 0 unspecified atom stereocenters. The number of benzene rings is 3. The number of halogens is 5. The molecule has 2 heterocycles. The summed E-state index contributed by atoms with van der Waals surface area (Å²) in [6.07, 6.45) is -1.47. The van der Waals surface area contributed by atoms with Crippen molar-refractivity contribution in [2.24, 2.45) is 0 Å². The molecule has 0 fully saturated rings. The smallest absolute Gasteiger partial charge is 0.361 e. The number of hydrogen-bond donors (Lipinski definition) is 2. The molecule has 5 aromatic rings. The van der Waals surface area contributed by atoms with Crippen LogP contribution in [-0.2, 0) is 11.1 Å². The highest BCUT2D eigenvalue weighted by Gasteiger charge is 2.41. The van der Waals surface area contributed by atoms with Crippen LogP contribution in [0.25, 0.3) is 21.8 Å². The number of aromatic amines is 2. The van der Waals surface area contributed by atoms with Crippen LogP contribution < -0.4 is 0 Å². The summed E-state index contributed by atoms with van der Waals surface area (Å²) >= 11 is 7.30. The quantitative estimate of drug-likeness (QED) is 0.216. The van der Waals surface area contributed by atoms with Gasteiger partial charge in [-0.2, -0.15) is 13.2 Å². The summed E-state index contributed by atoms with van der Waals surface area (Å²) in [5, 5.41) is 1.53. The molecular formula is C24H15ClF4N2. The highest BCUT2D eigenvalue weighted by atomic mass is 35.5. The van der Waals surface area contributed by atoms with Crippen molar-refractivity contribution < 1.29 is 17.6 Å². The highest BCUT2D eigenvalue weighted by molar-refractivity contribution is 6.30. The third-order valence-electron chi connectivity index (χ3n) is 5.59. The molecule has 0 atom stereocenters. The molecule has 0 aliphatic rings. The van der Waals surface area contributed by atoms with Gasteiger partial charge < -0.3 is 9.97 Å². The number of nitrogens with one attached hydrogen (secondary N) is 2. The number of hydrogen-bond acceptors (Lipinski definition) is 0. The van der Waals surface area contributed by atoms with E-state index < -0.39 is 22.4 Å². The Balaban J connectivity index is 1.87. The predicted octanol–water partition coefficient (Wildman–Crippen LogP) is 7.34. The van der Waals surface area contributed by atoms with Crippen LogP contribution in [0.4, 0.5) is 17.6 Å². The van der Waals surface area contributed by atoms with Crippen molar-refractivity contribution in [1.29, 1.82) is 0 Å². The van der Waals surface area contributed by atoms with E-state index in [-0.39, 0.29) is 5.56 Å². The first-order chi connectivity index (χ1) is 14.8. The lowest BCUT2D eigenvalue weighted by Gasteiger charge is -2.28. The number of rotatable bonds is 3. The first kappa shape index (κ1) is 19.7. The standard InChI is InChI=1S/C24H15ClF4N2/c25-23(18-12-30-21-7-3-1-5-15(18)21,19-13-31-22-8-4-2-6-16(19)22)14-9-10-20(26)17(11-14)24(27,28)29/h1-13,30-31H. The number of H-pyrrole nitrogens is 2. The first-order valence-electron chi connectivity index (χ1n) is 9.49.